The van der Waals surface area contributed by atoms with Crippen LogP contribution in [0.25, 0.3) is 0 Å². The molecular formula is C14H16O4. The number of carbonyl (C=O) groups excluding carboxylic acids is 1. The first-order chi connectivity index (χ1) is 8.69. The van der Waals surface area contributed by atoms with Gasteiger partial charge in [0, 0.05) is 0 Å². The van der Waals surface area contributed by atoms with E-state index in [0.29, 0.717) is 12.4 Å². The van der Waals surface area contributed by atoms with Gasteiger partial charge in [0.2, 0.25) is 0 Å². The molecule has 4 nitrogen and oxygen atoms in total. The zero-order valence-corrected chi connectivity index (χ0v) is 9.95. The molecule has 0 saturated heterocycles. The van der Waals surface area contributed by atoms with Gasteiger partial charge in [-0.05, 0) is 42.2 Å². The molecule has 0 heterocycles. The third-order valence-corrected chi connectivity index (χ3v) is 2.91. The molecule has 2 atom stereocenters. The quantitative estimate of drug-likeness (QED) is 0.729. The molecule has 2 rings (SSSR count). The highest BCUT2D eigenvalue weighted by Gasteiger charge is 2.15. The number of hydrogen-bond donors (Lipinski definition) is 2. The van der Waals surface area contributed by atoms with E-state index in [1.165, 1.54) is 6.08 Å². The van der Waals surface area contributed by atoms with E-state index >= 15 is 0 Å². The lowest BCUT2D eigenvalue weighted by Crippen LogP contribution is -2.24. The minimum absolute atomic E-state index is 0.314. The van der Waals surface area contributed by atoms with Crippen molar-refractivity contribution < 1.29 is 19.7 Å². The summed E-state index contributed by atoms with van der Waals surface area (Å²) in [7, 11) is 0. The smallest absolute Gasteiger partial charge is 0.146 e. The fourth-order valence-corrected chi connectivity index (χ4v) is 1.86. The summed E-state index contributed by atoms with van der Waals surface area (Å²) in [6.07, 6.45) is 9.17. The van der Waals surface area contributed by atoms with Crippen LogP contribution in [0.15, 0.2) is 47.3 Å². The van der Waals surface area contributed by atoms with Crippen molar-refractivity contribution in [3.05, 3.63) is 47.3 Å². The Labute approximate surface area is 106 Å². The number of aliphatic hydroxyl groups is 2. The molecule has 0 aliphatic heterocycles. The summed E-state index contributed by atoms with van der Waals surface area (Å²) in [4.78, 5) is 10.7. The summed E-state index contributed by atoms with van der Waals surface area (Å²) in [5.41, 5.74) is 1.54. The molecule has 0 fully saturated rings. The molecule has 0 amide bonds. The summed E-state index contributed by atoms with van der Waals surface area (Å²) < 4.78 is 5.55. The number of aliphatic hydroxyl groups excluding tert-OH is 2. The maximum Gasteiger partial charge on any atom is 0.146 e. The second-order valence-electron chi connectivity index (χ2n) is 4.35. The number of ether oxygens (including phenoxy) is 1. The van der Waals surface area contributed by atoms with Gasteiger partial charge in [0.1, 0.15) is 30.9 Å². The molecule has 2 unspecified atom stereocenters. The zero-order chi connectivity index (χ0) is 13.0. The molecule has 2 N–H and O–H groups in total. The van der Waals surface area contributed by atoms with Crippen LogP contribution in [-0.2, 0) is 9.53 Å². The van der Waals surface area contributed by atoms with Crippen LogP contribution in [0, 0.1) is 0 Å². The topological polar surface area (TPSA) is 66.8 Å². The Morgan fingerprint density at radius 2 is 2.22 bits per heavy atom. The Kier molecular flexibility index (Phi) is 4.12. The number of carbonyl (C=O) groups is 1. The van der Waals surface area contributed by atoms with Gasteiger partial charge in [0.15, 0.2) is 0 Å². The van der Waals surface area contributed by atoms with Gasteiger partial charge in [-0.3, -0.25) is 4.79 Å². The van der Waals surface area contributed by atoms with Gasteiger partial charge < -0.3 is 14.9 Å². The number of aldehydes is 1. The minimum atomic E-state index is -0.880. The SMILES string of the molecule is O=CC1=CC(OCC2=CC(O)C(O)C=C2)=CCC1. The Morgan fingerprint density at radius 3 is 2.94 bits per heavy atom. The van der Waals surface area contributed by atoms with Crippen molar-refractivity contribution in [2.24, 2.45) is 0 Å². The van der Waals surface area contributed by atoms with Gasteiger partial charge in [-0.2, -0.15) is 0 Å². The van der Waals surface area contributed by atoms with Crippen LogP contribution in [0.1, 0.15) is 12.8 Å². The van der Waals surface area contributed by atoms with Crippen molar-refractivity contribution in [2.75, 3.05) is 6.61 Å². The first-order valence-electron chi connectivity index (χ1n) is 5.93. The first-order valence-corrected chi connectivity index (χ1v) is 5.93. The van der Waals surface area contributed by atoms with Crippen LogP contribution >= 0.6 is 0 Å². The van der Waals surface area contributed by atoms with Crippen molar-refractivity contribution in [3.63, 3.8) is 0 Å². The van der Waals surface area contributed by atoms with E-state index in [2.05, 4.69) is 0 Å². The van der Waals surface area contributed by atoms with Gasteiger partial charge in [-0.15, -0.1) is 0 Å². The van der Waals surface area contributed by atoms with Crippen molar-refractivity contribution in [1.82, 2.24) is 0 Å². The molecular weight excluding hydrogens is 232 g/mol. The maximum absolute atomic E-state index is 10.7. The normalized spacial score (nSPS) is 27.1. The van der Waals surface area contributed by atoms with Crippen LogP contribution in [-0.4, -0.2) is 35.3 Å². The predicted octanol–water partition coefficient (Wildman–Crippen LogP) is 1.02. The first kappa shape index (κ1) is 12.8. The zero-order valence-electron chi connectivity index (χ0n) is 9.95. The van der Waals surface area contributed by atoms with Gasteiger partial charge in [0.05, 0.1) is 0 Å². The fraction of sp³-hybridized carbons (Fsp3) is 0.357. The fourth-order valence-electron chi connectivity index (χ4n) is 1.86. The van der Waals surface area contributed by atoms with Crippen molar-refractivity contribution in [1.29, 1.82) is 0 Å². The van der Waals surface area contributed by atoms with E-state index in [9.17, 15) is 15.0 Å². The highest BCUT2D eigenvalue weighted by molar-refractivity contribution is 5.74. The van der Waals surface area contributed by atoms with E-state index in [1.54, 1.807) is 18.2 Å². The molecule has 0 spiro atoms. The van der Waals surface area contributed by atoms with Crippen LogP contribution < -0.4 is 0 Å². The Morgan fingerprint density at radius 1 is 1.39 bits per heavy atom. The van der Waals surface area contributed by atoms with Gasteiger partial charge in [-0.25, -0.2) is 0 Å². The summed E-state index contributed by atoms with van der Waals surface area (Å²) in [5, 5.41) is 18.8. The largest absolute Gasteiger partial charge is 0.489 e. The van der Waals surface area contributed by atoms with Crippen LogP contribution in [0.4, 0.5) is 0 Å². The van der Waals surface area contributed by atoms with Crippen molar-refractivity contribution >= 4 is 6.29 Å². The molecule has 96 valence electrons. The molecule has 0 radical (unpaired) electrons. The molecule has 2 aliphatic rings. The summed E-state index contributed by atoms with van der Waals surface area (Å²) in [5.74, 6) is 0.679. The van der Waals surface area contributed by atoms with E-state index in [0.717, 1.165) is 30.3 Å². The Bertz CT molecular complexity index is 443. The monoisotopic (exact) mass is 248 g/mol. The van der Waals surface area contributed by atoms with E-state index < -0.39 is 12.2 Å². The van der Waals surface area contributed by atoms with Crippen LogP contribution in [0.2, 0.25) is 0 Å². The maximum atomic E-state index is 10.7. The second kappa shape index (κ2) is 5.80. The van der Waals surface area contributed by atoms with E-state index in [1.807, 2.05) is 6.08 Å². The number of hydrogen-bond acceptors (Lipinski definition) is 4. The third-order valence-electron chi connectivity index (χ3n) is 2.91. The third kappa shape index (κ3) is 3.18. The van der Waals surface area contributed by atoms with Crippen LogP contribution in [0.3, 0.4) is 0 Å². The molecule has 0 bridgehead atoms. The molecule has 0 aromatic rings. The molecule has 0 aromatic carbocycles. The van der Waals surface area contributed by atoms with Gasteiger partial charge in [-0.1, -0.05) is 12.2 Å². The van der Waals surface area contributed by atoms with Crippen molar-refractivity contribution in [2.45, 2.75) is 25.0 Å². The van der Waals surface area contributed by atoms with Crippen LogP contribution in [0.5, 0.6) is 0 Å². The number of allylic oxidation sites excluding steroid dienone is 3. The van der Waals surface area contributed by atoms with E-state index in [-0.39, 0.29) is 0 Å². The molecule has 18 heavy (non-hydrogen) atoms. The lowest BCUT2D eigenvalue weighted by molar-refractivity contribution is -0.105. The second-order valence-corrected chi connectivity index (χ2v) is 4.35. The molecule has 2 aliphatic carbocycles. The van der Waals surface area contributed by atoms with Gasteiger partial charge in [0.25, 0.3) is 0 Å². The Balaban J connectivity index is 1.91. The Hall–Kier alpha value is -1.65. The lowest BCUT2D eigenvalue weighted by atomic mass is 10.0. The highest BCUT2D eigenvalue weighted by atomic mass is 16.5. The average Bonchev–Trinajstić information content (AvgIpc) is 2.40. The minimum Gasteiger partial charge on any atom is -0.489 e. The van der Waals surface area contributed by atoms with Gasteiger partial charge >= 0.3 is 0 Å². The number of rotatable bonds is 4. The molecule has 4 heteroatoms. The highest BCUT2D eigenvalue weighted by Crippen LogP contribution is 2.18. The van der Waals surface area contributed by atoms with Crippen molar-refractivity contribution in [3.8, 4) is 0 Å². The molecule has 0 aromatic heterocycles. The lowest BCUT2D eigenvalue weighted by Gasteiger charge is -2.18. The van der Waals surface area contributed by atoms with E-state index in [4.69, 9.17) is 4.74 Å². The summed E-state index contributed by atoms with van der Waals surface area (Å²) >= 11 is 0. The summed E-state index contributed by atoms with van der Waals surface area (Å²) in [6.45, 7) is 0.314. The summed E-state index contributed by atoms with van der Waals surface area (Å²) in [6, 6.07) is 0. The standard InChI is InChI=1S/C14H16O4/c15-8-10-2-1-3-12(6-10)18-9-11-4-5-13(16)14(17)7-11/h3-8,13-14,16-17H,1-2,9H2. The molecule has 0 saturated carbocycles. The average molecular weight is 248 g/mol. The predicted molar refractivity (Wildman–Crippen MR) is 66.7 cm³/mol.